The quantitative estimate of drug-likeness (QED) is 0.115. The number of ether oxygens (including phenoxy) is 9. The van der Waals surface area contributed by atoms with Gasteiger partial charge in [-0.25, -0.2) is 0 Å². The third-order valence-electron chi connectivity index (χ3n) is 9.96. The summed E-state index contributed by atoms with van der Waals surface area (Å²) in [5.41, 5.74) is 0.734. The second-order valence-corrected chi connectivity index (χ2v) is 19.9. The average molecular weight is 851 g/mol. The Morgan fingerprint density at radius 3 is 1.50 bits per heavy atom. The molecule has 0 aliphatic carbocycles. The molecular weight excluding hydrogens is 797 g/mol. The molecule has 0 unspecified atom stereocenters. The minimum atomic E-state index is -3.22. The summed E-state index contributed by atoms with van der Waals surface area (Å²) >= 11 is 0. The first-order valence-corrected chi connectivity index (χ1v) is 21.6. The van der Waals surface area contributed by atoms with Crippen LogP contribution in [0.25, 0.3) is 0 Å². The summed E-state index contributed by atoms with van der Waals surface area (Å²) in [5.74, 6) is -3.59. The first-order valence-electron chi connectivity index (χ1n) is 19.7. The molecule has 3 aromatic carbocycles. The smallest absolute Gasteiger partial charge is 0.305 e. The topological polar surface area (TPSA) is 178 Å². The maximum atomic E-state index is 12.7. The van der Waals surface area contributed by atoms with Gasteiger partial charge in [0.1, 0.15) is 31.0 Å². The van der Waals surface area contributed by atoms with E-state index >= 15 is 0 Å². The molecule has 2 aliphatic rings. The molecule has 3 aromatic rings. The fourth-order valence-electron chi connectivity index (χ4n) is 7.61. The molecule has 0 bridgehead atoms. The van der Waals surface area contributed by atoms with E-state index in [1.54, 1.807) is 0 Å². The van der Waals surface area contributed by atoms with Gasteiger partial charge in [-0.15, -0.1) is 0 Å². The van der Waals surface area contributed by atoms with Gasteiger partial charge >= 0.3 is 29.8 Å². The lowest BCUT2D eigenvalue weighted by Crippen LogP contribution is -2.67. The maximum absolute atomic E-state index is 12.7. The highest BCUT2D eigenvalue weighted by Gasteiger charge is 2.58. The van der Waals surface area contributed by atoms with Gasteiger partial charge in [-0.3, -0.25) is 24.0 Å². The van der Waals surface area contributed by atoms with Crippen LogP contribution in [0.1, 0.15) is 61.0 Å². The van der Waals surface area contributed by atoms with Crippen molar-refractivity contribution in [3.63, 3.8) is 0 Å². The molecule has 0 amide bonds. The van der Waals surface area contributed by atoms with E-state index in [9.17, 15) is 24.0 Å². The SMILES string of the molecule is CC(=O)OC[C@H]1O[C@H](O[C@H]2[C@@H](OC(C)=O)[C@@H](OC(C)=O)O[C@@H]2CO[Si](c2ccccc2)(c2ccccc2)C(C)(C)C)[C@H](OCc2ccccc2)[C@@H](OC(C)=O)[C@@H]1OC(C)=O. The molecule has 5 rings (SSSR count). The average Bonchev–Trinajstić information content (AvgIpc) is 3.48. The van der Waals surface area contributed by atoms with E-state index in [0.29, 0.717) is 0 Å². The number of hydrogen-bond acceptors (Lipinski definition) is 15. The van der Waals surface area contributed by atoms with E-state index in [2.05, 4.69) is 20.8 Å². The predicted octanol–water partition coefficient (Wildman–Crippen LogP) is 3.90. The maximum Gasteiger partial charge on any atom is 0.305 e. The van der Waals surface area contributed by atoms with Gasteiger partial charge in [-0.1, -0.05) is 112 Å². The highest BCUT2D eigenvalue weighted by atomic mass is 28.4. The van der Waals surface area contributed by atoms with Crippen LogP contribution in [0.15, 0.2) is 91.0 Å². The van der Waals surface area contributed by atoms with Gasteiger partial charge in [0, 0.05) is 34.6 Å². The van der Waals surface area contributed by atoms with Crippen LogP contribution >= 0.6 is 0 Å². The van der Waals surface area contributed by atoms with Gasteiger partial charge in [0.25, 0.3) is 8.32 Å². The number of hydrogen-bond donors (Lipinski definition) is 0. The summed E-state index contributed by atoms with van der Waals surface area (Å²) in [4.78, 5) is 62.5. The molecule has 2 saturated heterocycles. The fraction of sp³-hybridized carbons (Fsp3) is 0.477. The van der Waals surface area contributed by atoms with Gasteiger partial charge in [0.15, 0.2) is 24.6 Å². The third kappa shape index (κ3) is 11.4. The molecule has 15 nitrogen and oxygen atoms in total. The Bertz CT molecular complexity index is 1860. The van der Waals surface area contributed by atoms with Crippen molar-refractivity contribution in [1.82, 2.24) is 0 Å². The van der Waals surface area contributed by atoms with Crippen LogP contribution in [0.4, 0.5) is 0 Å². The minimum Gasteiger partial charge on any atom is -0.463 e. The van der Waals surface area contributed by atoms with E-state index in [0.717, 1.165) is 15.9 Å². The Morgan fingerprint density at radius 2 is 1.00 bits per heavy atom. The zero-order chi connectivity index (χ0) is 43.6. The summed E-state index contributed by atoms with van der Waals surface area (Å²) in [5, 5.41) is 1.50. The van der Waals surface area contributed by atoms with Gasteiger partial charge in [0.2, 0.25) is 6.29 Å². The second kappa shape index (κ2) is 20.5. The number of esters is 5. The van der Waals surface area contributed by atoms with Crippen LogP contribution in [-0.2, 0) is 77.6 Å². The highest BCUT2D eigenvalue weighted by Crippen LogP contribution is 2.39. The van der Waals surface area contributed by atoms with E-state index in [1.807, 2.05) is 91.0 Å². The molecule has 0 saturated carbocycles. The van der Waals surface area contributed by atoms with Crippen LogP contribution in [0.5, 0.6) is 0 Å². The lowest BCUT2D eigenvalue weighted by molar-refractivity contribution is -0.330. The van der Waals surface area contributed by atoms with Crippen molar-refractivity contribution >= 4 is 48.5 Å². The van der Waals surface area contributed by atoms with Crippen LogP contribution in [0.2, 0.25) is 5.04 Å². The third-order valence-corrected chi connectivity index (χ3v) is 15.0. The Morgan fingerprint density at radius 1 is 0.533 bits per heavy atom. The van der Waals surface area contributed by atoms with Crippen LogP contribution in [0, 0.1) is 0 Å². The van der Waals surface area contributed by atoms with E-state index in [-0.39, 0.29) is 13.2 Å². The van der Waals surface area contributed by atoms with Crippen molar-refractivity contribution in [2.45, 2.75) is 122 Å². The first kappa shape index (κ1) is 46.1. The Balaban J connectivity index is 1.62. The van der Waals surface area contributed by atoms with Crippen molar-refractivity contribution in [1.29, 1.82) is 0 Å². The molecule has 2 aliphatic heterocycles. The van der Waals surface area contributed by atoms with Crippen molar-refractivity contribution in [3.8, 4) is 0 Å². The summed E-state index contributed by atoms with van der Waals surface area (Å²) in [7, 11) is -3.22. The van der Waals surface area contributed by atoms with Gasteiger partial charge < -0.3 is 47.1 Å². The number of benzene rings is 3. The number of carbonyl (C=O) groups is 5. The number of carbonyl (C=O) groups excluding carboxylic acids is 5. The van der Waals surface area contributed by atoms with E-state index < -0.39 is 105 Å². The minimum absolute atomic E-state index is 0.0428. The molecule has 2 heterocycles. The largest absolute Gasteiger partial charge is 0.463 e. The second-order valence-electron chi connectivity index (χ2n) is 15.6. The van der Waals surface area contributed by atoms with Gasteiger partial charge in [0.05, 0.1) is 13.2 Å². The first-order chi connectivity index (χ1) is 28.5. The molecule has 60 heavy (non-hydrogen) atoms. The molecule has 0 aromatic heterocycles. The molecule has 9 atom stereocenters. The molecule has 2 fully saturated rings. The fourth-order valence-corrected chi connectivity index (χ4v) is 12.2. The Kier molecular flexibility index (Phi) is 15.8. The Labute approximate surface area is 350 Å². The summed E-state index contributed by atoms with van der Waals surface area (Å²) in [6.45, 7) is 11.6. The van der Waals surface area contributed by atoms with Crippen molar-refractivity contribution in [3.05, 3.63) is 96.6 Å². The molecular formula is C44H54O15Si. The molecule has 16 heteroatoms. The normalized spacial score (nSPS) is 25.4. The predicted molar refractivity (Wildman–Crippen MR) is 216 cm³/mol. The molecule has 0 spiro atoms. The Hall–Kier alpha value is -4.97. The van der Waals surface area contributed by atoms with Crippen LogP contribution < -0.4 is 10.4 Å². The van der Waals surface area contributed by atoms with Crippen LogP contribution in [-0.4, -0.2) is 107 Å². The lowest BCUT2D eigenvalue weighted by Gasteiger charge is -2.46. The van der Waals surface area contributed by atoms with E-state index in [4.69, 9.17) is 47.1 Å². The van der Waals surface area contributed by atoms with Crippen molar-refractivity contribution < 1.29 is 71.0 Å². The van der Waals surface area contributed by atoms with Crippen LogP contribution in [0.3, 0.4) is 0 Å². The lowest BCUT2D eigenvalue weighted by atomic mass is 9.97. The zero-order valence-corrected chi connectivity index (χ0v) is 36.1. The van der Waals surface area contributed by atoms with Gasteiger partial charge in [-0.2, -0.15) is 0 Å². The standard InChI is InChI=1S/C44H54O15Si/c1-27(45)50-25-35-37(53-28(2)46)39(54-29(3)47)40(51-24-32-18-12-9-13-19-32)42(57-35)59-38-36(58-43(56-31(5)49)41(38)55-30(4)48)26-52-60(44(6,7)8,33-20-14-10-15-21-33)34-22-16-11-17-23-34/h9-23,35-43H,24-26H2,1-8H3/t35-,36-,37-,38-,39+,40-,41-,42-,43+/m1/s1. The van der Waals surface area contributed by atoms with Crippen molar-refractivity contribution in [2.75, 3.05) is 13.2 Å². The van der Waals surface area contributed by atoms with Crippen molar-refractivity contribution in [2.24, 2.45) is 0 Å². The van der Waals surface area contributed by atoms with Gasteiger partial charge in [-0.05, 0) is 21.0 Å². The molecule has 324 valence electrons. The highest BCUT2D eigenvalue weighted by molar-refractivity contribution is 6.99. The summed E-state index contributed by atoms with van der Waals surface area (Å²) < 4.78 is 61.4. The monoisotopic (exact) mass is 850 g/mol. The summed E-state index contributed by atoms with van der Waals surface area (Å²) in [6, 6.07) is 28.9. The molecule has 0 radical (unpaired) electrons. The van der Waals surface area contributed by atoms with E-state index in [1.165, 1.54) is 34.6 Å². The number of rotatable bonds is 16. The zero-order valence-electron chi connectivity index (χ0n) is 35.1. The summed E-state index contributed by atoms with van der Waals surface area (Å²) in [6.07, 6.45) is -12.0. The molecule has 0 N–H and O–H groups in total.